The summed E-state index contributed by atoms with van der Waals surface area (Å²) in [5, 5.41) is 37.0. The van der Waals surface area contributed by atoms with Gasteiger partial charge in [-0.1, -0.05) is 44.2 Å². The highest BCUT2D eigenvalue weighted by Crippen LogP contribution is 2.38. The highest BCUT2D eigenvalue weighted by Gasteiger charge is 2.35. The number of rotatable bonds is 7. The van der Waals surface area contributed by atoms with E-state index in [1.165, 1.54) is 17.1 Å². The molecule has 1 amide bonds. The van der Waals surface area contributed by atoms with Crippen molar-refractivity contribution in [2.24, 2.45) is 15.3 Å². The summed E-state index contributed by atoms with van der Waals surface area (Å²) >= 11 is 0. The van der Waals surface area contributed by atoms with Crippen LogP contribution in [-0.4, -0.2) is 46.9 Å². The second kappa shape index (κ2) is 12.7. The third kappa shape index (κ3) is 6.49. The van der Waals surface area contributed by atoms with Crippen LogP contribution >= 0.6 is 0 Å². The van der Waals surface area contributed by atoms with E-state index in [2.05, 4.69) is 34.5 Å². The van der Waals surface area contributed by atoms with Crippen LogP contribution in [0.4, 0.5) is 11.4 Å². The molecule has 198 valence electrons. The van der Waals surface area contributed by atoms with E-state index in [0.717, 1.165) is 24.2 Å². The van der Waals surface area contributed by atoms with Gasteiger partial charge in [-0.3, -0.25) is 4.79 Å². The highest BCUT2D eigenvalue weighted by molar-refractivity contribution is 6.18. The second-order valence-corrected chi connectivity index (χ2v) is 8.79. The zero-order chi connectivity index (χ0) is 27.8. The molecule has 1 aliphatic heterocycles. The summed E-state index contributed by atoms with van der Waals surface area (Å²) in [6.07, 6.45) is 0. The van der Waals surface area contributed by atoms with Gasteiger partial charge in [0.15, 0.2) is 11.8 Å². The third-order valence-electron chi connectivity index (χ3n) is 6.05. The molecule has 1 heterocycles. The number of aromatic carboxylic acids is 1. The zero-order valence-corrected chi connectivity index (χ0v) is 22.3. The molecule has 0 aliphatic carbocycles. The van der Waals surface area contributed by atoms with Gasteiger partial charge in [0.2, 0.25) is 0 Å². The summed E-state index contributed by atoms with van der Waals surface area (Å²) in [4.78, 5) is 24.2. The number of phenols is 1. The molecule has 0 aromatic heterocycles. The molecular formula is C29H33N5O4. The molecule has 3 aromatic carbocycles. The first-order chi connectivity index (χ1) is 18.2. The lowest BCUT2D eigenvalue weighted by molar-refractivity contribution is -0.117. The number of carboxylic acid groups (broad SMARTS) is 1. The van der Waals surface area contributed by atoms with Crippen molar-refractivity contribution in [1.29, 1.82) is 0 Å². The van der Waals surface area contributed by atoms with Crippen LogP contribution in [0.5, 0.6) is 5.75 Å². The molecule has 0 bridgehead atoms. The molecule has 1 unspecified atom stereocenters. The number of hydrazone groups is 1. The average Bonchev–Trinajstić information content (AvgIpc) is 3.19. The van der Waals surface area contributed by atoms with E-state index in [-0.39, 0.29) is 22.9 Å². The number of para-hydroxylation sites is 1. The number of hydrogen-bond acceptors (Lipinski definition) is 7. The number of azo groups is 1. The van der Waals surface area contributed by atoms with Gasteiger partial charge in [-0.25, -0.2) is 4.79 Å². The van der Waals surface area contributed by atoms with Crippen LogP contribution in [0, 0.1) is 13.8 Å². The molecule has 9 nitrogen and oxygen atoms in total. The van der Waals surface area contributed by atoms with Crippen LogP contribution in [0.15, 0.2) is 76.0 Å². The van der Waals surface area contributed by atoms with E-state index in [1.807, 2.05) is 32.0 Å². The molecule has 0 saturated carbocycles. The molecule has 3 aromatic rings. The average molecular weight is 516 g/mol. The molecule has 9 heteroatoms. The van der Waals surface area contributed by atoms with Gasteiger partial charge in [-0.2, -0.15) is 20.3 Å². The monoisotopic (exact) mass is 515 g/mol. The molecule has 1 atom stereocenters. The lowest BCUT2D eigenvalue weighted by Gasteiger charge is -2.14. The number of aromatic hydroxyl groups is 1. The van der Waals surface area contributed by atoms with Crippen LogP contribution < -0.4 is 10.3 Å². The highest BCUT2D eigenvalue weighted by atomic mass is 16.4. The zero-order valence-electron chi connectivity index (χ0n) is 22.3. The minimum absolute atomic E-state index is 0.105. The van der Waals surface area contributed by atoms with E-state index < -0.39 is 12.0 Å². The molecule has 0 spiro atoms. The number of carbonyl (C=O) groups is 2. The first-order valence-corrected chi connectivity index (χ1v) is 12.4. The van der Waals surface area contributed by atoms with Crippen LogP contribution in [0.25, 0.3) is 11.1 Å². The van der Waals surface area contributed by atoms with E-state index in [1.54, 1.807) is 37.3 Å². The number of nitrogens with zero attached hydrogens (tertiary/aromatic N) is 4. The van der Waals surface area contributed by atoms with Gasteiger partial charge in [-0.05, 0) is 80.9 Å². The Hall–Kier alpha value is -4.37. The number of nitrogens with one attached hydrogen (secondary N) is 1. The molecule has 3 N–H and O–H groups in total. The number of carboxylic acids is 1. The maximum Gasteiger partial charge on any atom is 0.335 e. The summed E-state index contributed by atoms with van der Waals surface area (Å²) in [5.41, 5.74) is 4.52. The van der Waals surface area contributed by atoms with Crippen molar-refractivity contribution in [2.75, 3.05) is 18.1 Å². The van der Waals surface area contributed by atoms with Crippen molar-refractivity contribution in [3.05, 3.63) is 77.4 Å². The lowest BCUT2D eigenvalue weighted by Crippen LogP contribution is -2.29. The topological polar surface area (TPSA) is 127 Å². The van der Waals surface area contributed by atoms with Crippen molar-refractivity contribution in [3.63, 3.8) is 0 Å². The molecule has 38 heavy (non-hydrogen) atoms. The Bertz CT molecular complexity index is 1380. The quantitative estimate of drug-likeness (QED) is 0.339. The predicted octanol–water partition coefficient (Wildman–Crippen LogP) is 5.87. The summed E-state index contributed by atoms with van der Waals surface area (Å²) in [5.74, 6) is -1.55. The van der Waals surface area contributed by atoms with Crippen molar-refractivity contribution in [2.45, 2.75) is 40.7 Å². The fraction of sp³-hybridized carbons (Fsp3) is 0.276. The van der Waals surface area contributed by atoms with Gasteiger partial charge in [-0.15, -0.1) is 0 Å². The van der Waals surface area contributed by atoms with E-state index in [9.17, 15) is 19.8 Å². The number of amides is 1. The van der Waals surface area contributed by atoms with Crippen LogP contribution in [0.2, 0.25) is 0 Å². The lowest BCUT2D eigenvalue weighted by atomic mass is 10.0. The van der Waals surface area contributed by atoms with Crippen LogP contribution in [0.1, 0.15) is 42.3 Å². The number of carbonyl (C=O) groups excluding carboxylic acids is 1. The number of aryl methyl sites for hydroxylation is 2. The number of hydrogen-bond donors (Lipinski definition) is 3. The van der Waals surface area contributed by atoms with Crippen molar-refractivity contribution < 1.29 is 19.8 Å². The smallest absolute Gasteiger partial charge is 0.335 e. The summed E-state index contributed by atoms with van der Waals surface area (Å²) in [6.45, 7) is 12.1. The standard InChI is InChI=1S/C25H22N4O4.C4H11N/c1-14-10-11-19(12-15(14)2)29-24(31)22(16(3)28-29)27-26-21-9-5-8-20(23(21)30)17-6-4-7-18(13-17)25(32)33;1-3-5-4-2/h4-13,22,30H,1-3H3,(H,32,33);5H,3-4H2,1-2H3. The minimum atomic E-state index is -1.06. The predicted molar refractivity (Wildman–Crippen MR) is 150 cm³/mol. The van der Waals surface area contributed by atoms with E-state index in [4.69, 9.17) is 0 Å². The minimum Gasteiger partial charge on any atom is -0.505 e. The molecule has 1 aliphatic rings. The van der Waals surface area contributed by atoms with Crippen LogP contribution in [-0.2, 0) is 4.79 Å². The Morgan fingerprint density at radius 2 is 1.71 bits per heavy atom. The van der Waals surface area contributed by atoms with Gasteiger partial charge >= 0.3 is 5.97 Å². The summed E-state index contributed by atoms with van der Waals surface area (Å²) in [6, 6.07) is 15.9. The Kier molecular flexibility index (Phi) is 9.45. The maximum absolute atomic E-state index is 12.9. The van der Waals surface area contributed by atoms with E-state index >= 15 is 0 Å². The molecule has 0 saturated heterocycles. The van der Waals surface area contributed by atoms with Gasteiger partial charge in [0.25, 0.3) is 5.91 Å². The maximum atomic E-state index is 12.9. The van der Waals surface area contributed by atoms with Gasteiger partial charge in [0.1, 0.15) is 5.69 Å². The number of phenolic OH excluding ortho intramolecular Hbond substituents is 1. The van der Waals surface area contributed by atoms with E-state index in [0.29, 0.717) is 22.5 Å². The fourth-order valence-corrected chi connectivity index (χ4v) is 3.77. The molecule has 0 radical (unpaired) electrons. The Balaban J connectivity index is 0.000000732. The normalized spacial score (nSPS) is 14.9. The SMILES string of the molecule is CC1=NN(c2ccc(C)c(C)c2)C(=O)C1N=Nc1cccc(-c2cccc(C(=O)O)c2)c1O.CCNCC. The Labute approximate surface area is 222 Å². The Morgan fingerprint density at radius 3 is 2.34 bits per heavy atom. The van der Waals surface area contributed by atoms with Crippen LogP contribution in [0.3, 0.4) is 0 Å². The number of anilines is 1. The first kappa shape index (κ1) is 28.2. The van der Waals surface area contributed by atoms with Crippen molar-refractivity contribution >= 4 is 29.0 Å². The van der Waals surface area contributed by atoms with Gasteiger partial charge < -0.3 is 15.5 Å². The van der Waals surface area contributed by atoms with Gasteiger partial charge in [0, 0.05) is 5.56 Å². The third-order valence-corrected chi connectivity index (χ3v) is 6.05. The largest absolute Gasteiger partial charge is 0.505 e. The van der Waals surface area contributed by atoms with Gasteiger partial charge in [0.05, 0.1) is 17.0 Å². The van der Waals surface area contributed by atoms with Crippen molar-refractivity contribution in [1.82, 2.24) is 5.32 Å². The molecule has 0 fully saturated rings. The first-order valence-electron chi connectivity index (χ1n) is 12.4. The molecule has 4 rings (SSSR count). The summed E-state index contributed by atoms with van der Waals surface area (Å²) < 4.78 is 0. The number of benzene rings is 3. The fourth-order valence-electron chi connectivity index (χ4n) is 3.77. The Morgan fingerprint density at radius 1 is 1.00 bits per heavy atom. The summed E-state index contributed by atoms with van der Waals surface area (Å²) in [7, 11) is 0. The second-order valence-electron chi connectivity index (χ2n) is 8.79. The molecular weight excluding hydrogens is 482 g/mol. The van der Waals surface area contributed by atoms with Crippen molar-refractivity contribution in [3.8, 4) is 16.9 Å².